The zero-order valence-electron chi connectivity index (χ0n) is 18.8. The first-order valence-electron chi connectivity index (χ1n) is 11.3. The van der Waals surface area contributed by atoms with Gasteiger partial charge in [0.2, 0.25) is 10.8 Å². The number of rotatable bonds is 8. The Labute approximate surface area is 191 Å². The van der Waals surface area contributed by atoms with Crippen LogP contribution in [0.3, 0.4) is 0 Å². The second kappa shape index (κ2) is 9.87. The lowest BCUT2D eigenvalue weighted by Crippen LogP contribution is -2.41. The van der Waals surface area contributed by atoms with Crippen molar-refractivity contribution in [2.45, 2.75) is 46.1 Å². The topological polar surface area (TPSA) is 89.2 Å². The number of benzene rings is 1. The number of esters is 1. The predicted octanol–water partition coefficient (Wildman–Crippen LogP) is 3.82. The summed E-state index contributed by atoms with van der Waals surface area (Å²) in [5, 5.41) is 15.5. The lowest BCUT2D eigenvalue weighted by Gasteiger charge is -2.37. The van der Waals surface area contributed by atoms with E-state index in [1.54, 1.807) is 0 Å². The largest absolute Gasteiger partial charge is 0.494 e. The van der Waals surface area contributed by atoms with Gasteiger partial charge in [-0.05, 0) is 50.9 Å². The molecule has 1 fully saturated rings. The number of carbonyl (C=O) groups excluding carboxylic acids is 1. The average Bonchev–Trinajstić information content (AvgIpc) is 3.35. The first-order chi connectivity index (χ1) is 15.5. The molecule has 4 rings (SSSR count). The van der Waals surface area contributed by atoms with Crippen molar-refractivity contribution in [2.75, 3.05) is 26.3 Å². The number of piperidine rings is 1. The summed E-state index contributed by atoms with van der Waals surface area (Å²) in [6.45, 7) is 8.15. The third-order valence-corrected chi connectivity index (χ3v) is 6.83. The van der Waals surface area contributed by atoms with Crippen LogP contribution in [0.2, 0.25) is 0 Å². The highest BCUT2D eigenvalue weighted by Crippen LogP contribution is 2.41. The van der Waals surface area contributed by atoms with Gasteiger partial charge in [-0.2, -0.15) is 4.52 Å². The van der Waals surface area contributed by atoms with Crippen molar-refractivity contribution in [1.82, 2.24) is 19.5 Å². The minimum Gasteiger partial charge on any atom is -0.494 e. The van der Waals surface area contributed by atoms with Gasteiger partial charge in [0.15, 0.2) is 5.82 Å². The Kier molecular flexibility index (Phi) is 6.95. The number of aromatic nitrogens is 3. The summed E-state index contributed by atoms with van der Waals surface area (Å²) < 4.78 is 12.4. The smallest absolute Gasteiger partial charge is 0.310 e. The van der Waals surface area contributed by atoms with Gasteiger partial charge in [-0.25, -0.2) is 4.98 Å². The van der Waals surface area contributed by atoms with Crippen molar-refractivity contribution in [3.8, 4) is 11.6 Å². The van der Waals surface area contributed by atoms with Crippen molar-refractivity contribution in [1.29, 1.82) is 0 Å². The Hall–Kier alpha value is -2.65. The van der Waals surface area contributed by atoms with E-state index in [0.717, 1.165) is 35.6 Å². The number of carbonyl (C=O) groups is 1. The molecule has 1 aliphatic heterocycles. The number of fused-ring (bicyclic) bond motifs is 1. The van der Waals surface area contributed by atoms with Crippen molar-refractivity contribution in [2.24, 2.45) is 5.92 Å². The number of thiazole rings is 1. The van der Waals surface area contributed by atoms with Crippen molar-refractivity contribution >= 4 is 22.3 Å². The molecule has 0 bridgehead atoms. The molecule has 1 N–H and O–H groups in total. The second-order valence-corrected chi connectivity index (χ2v) is 8.87. The highest BCUT2D eigenvalue weighted by Gasteiger charge is 2.35. The van der Waals surface area contributed by atoms with Gasteiger partial charge in [-0.1, -0.05) is 30.4 Å². The van der Waals surface area contributed by atoms with E-state index in [1.165, 1.54) is 15.9 Å². The summed E-state index contributed by atoms with van der Waals surface area (Å²) in [4.78, 5) is 20.7. The van der Waals surface area contributed by atoms with Crippen LogP contribution in [0.4, 0.5) is 0 Å². The summed E-state index contributed by atoms with van der Waals surface area (Å²) in [6, 6.07) is 7.72. The van der Waals surface area contributed by atoms with Gasteiger partial charge in [0.1, 0.15) is 5.75 Å². The Morgan fingerprint density at radius 2 is 2.03 bits per heavy atom. The van der Waals surface area contributed by atoms with E-state index in [-0.39, 0.29) is 23.8 Å². The fourth-order valence-corrected chi connectivity index (χ4v) is 5.39. The number of aryl methyl sites for hydroxylation is 1. The summed E-state index contributed by atoms with van der Waals surface area (Å²) in [5.41, 5.74) is 1.02. The Morgan fingerprint density at radius 1 is 1.25 bits per heavy atom. The molecule has 0 saturated carbocycles. The van der Waals surface area contributed by atoms with Crippen LogP contribution in [0.1, 0.15) is 55.9 Å². The van der Waals surface area contributed by atoms with Gasteiger partial charge in [-0.3, -0.25) is 9.69 Å². The SMILES string of the molecule is CCOC(=O)[C@H]1CCCN([C@@H](c2ccc(OCC)cc2)c2sc3nc(CC)nn3c2O)C1. The molecule has 1 aliphatic rings. The summed E-state index contributed by atoms with van der Waals surface area (Å²) >= 11 is 1.44. The van der Waals surface area contributed by atoms with Crippen LogP contribution in [-0.2, 0) is 16.0 Å². The normalized spacial score (nSPS) is 18.0. The molecular weight excluding hydrogens is 428 g/mol. The van der Waals surface area contributed by atoms with E-state index >= 15 is 0 Å². The van der Waals surface area contributed by atoms with Crippen LogP contribution in [-0.4, -0.2) is 56.9 Å². The molecule has 172 valence electrons. The van der Waals surface area contributed by atoms with Crippen LogP contribution in [0.15, 0.2) is 24.3 Å². The van der Waals surface area contributed by atoms with Gasteiger partial charge < -0.3 is 14.6 Å². The molecule has 0 unspecified atom stereocenters. The van der Waals surface area contributed by atoms with E-state index in [0.29, 0.717) is 37.0 Å². The Morgan fingerprint density at radius 3 is 2.69 bits per heavy atom. The molecule has 3 aromatic rings. The quantitative estimate of drug-likeness (QED) is 0.513. The standard InChI is InChI=1S/C23H30N4O4S/c1-4-18-24-23-27(25-18)21(28)20(32-23)19(15-9-11-17(12-10-15)30-5-2)26-13-7-8-16(14-26)22(29)31-6-3/h9-12,16,19,28H,4-8,13-14H2,1-3H3/t16-,19-/m0/s1. The Bertz CT molecular complexity index is 1060. The number of ether oxygens (including phenoxy) is 2. The molecule has 9 heteroatoms. The van der Waals surface area contributed by atoms with Crippen LogP contribution in [0, 0.1) is 5.92 Å². The third kappa shape index (κ3) is 4.45. The van der Waals surface area contributed by atoms with Crippen LogP contribution in [0.25, 0.3) is 4.96 Å². The van der Waals surface area contributed by atoms with Gasteiger partial charge in [0, 0.05) is 13.0 Å². The van der Waals surface area contributed by atoms with E-state index in [1.807, 2.05) is 45.0 Å². The molecule has 0 spiro atoms. The van der Waals surface area contributed by atoms with E-state index in [4.69, 9.17) is 9.47 Å². The van der Waals surface area contributed by atoms with E-state index in [9.17, 15) is 9.90 Å². The van der Waals surface area contributed by atoms with Crippen molar-refractivity contribution in [3.63, 3.8) is 0 Å². The molecule has 8 nitrogen and oxygen atoms in total. The first-order valence-corrected chi connectivity index (χ1v) is 12.1. The molecule has 1 saturated heterocycles. The monoisotopic (exact) mass is 458 g/mol. The average molecular weight is 459 g/mol. The number of nitrogens with zero attached hydrogens (tertiary/aromatic N) is 4. The second-order valence-electron chi connectivity index (χ2n) is 7.86. The highest BCUT2D eigenvalue weighted by molar-refractivity contribution is 7.17. The minimum atomic E-state index is -0.221. The summed E-state index contributed by atoms with van der Waals surface area (Å²) in [6.07, 6.45) is 2.41. The molecule has 32 heavy (non-hydrogen) atoms. The zero-order chi connectivity index (χ0) is 22.7. The molecule has 0 radical (unpaired) electrons. The van der Waals surface area contributed by atoms with E-state index in [2.05, 4.69) is 15.0 Å². The zero-order valence-corrected chi connectivity index (χ0v) is 19.6. The van der Waals surface area contributed by atoms with Gasteiger partial charge in [0.05, 0.1) is 30.1 Å². The highest BCUT2D eigenvalue weighted by atomic mass is 32.1. The van der Waals surface area contributed by atoms with Gasteiger partial charge in [-0.15, -0.1) is 5.10 Å². The van der Waals surface area contributed by atoms with Crippen LogP contribution in [0.5, 0.6) is 11.6 Å². The fourth-order valence-electron chi connectivity index (χ4n) is 4.25. The summed E-state index contributed by atoms with van der Waals surface area (Å²) in [7, 11) is 0. The van der Waals surface area contributed by atoms with E-state index < -0.39 is 0 Å². The number of hydrogen-bond donors (Lipinski definition) is 1. The number of likely N-dealkylation sites (tertiary alicyclic amines) is 1. The van der Waals surface area contributed by atoms with Crippen molar-refractivity contribution < 1.29 is 19.4 Å². The summed E-state index contributed by atoms with van der Waals surface area (Å²) in [5.74, 6) is 1.29. The molecule has 0 aliphatic carbocycles. The van der Waals surface area contributed by atoms with Crippen LogP contribution >= 0.6 is 11.3 Å². The molecule has 1 aromatic carbocycles. The molecule has 2 aromatic heterocycles. The third-order valence-electron chi connectivity index (χ3n) is 5.75. The lowest BCUT2D eigenvalue weighted by molar-refractivity contribution is -0.150. The maximum atomic E-state index is 12.5. The maximum Gasteiger partial charge on any atom is 0.310 e. The van der Waals surface area contributed by atoms with Crippen molar-refractivity contribution in [3.05, 3.63) is 40.5 Å². The van der Waals surface area contributed by atoms with Crippen LogP contribution < -0.4 is 4.74 Å². The van der Waals surface area contributed by atoms with Gasteiger partial charge >= 0.3 is 5.97 Å². The number of aromatic hydroxyl groups is 1. The minimum absolute atomic E-state index is 0.106. The molecule has 0 amide bonds. The Balaban J connectivity index is 1.72. The van der Waals surface area contributed by atoms with Gasteiger partial charge in [0.25, 0.3) is 0 Å². The molecular formula is C23H30N4O4S. The first kappa shape index (κ1) is 22.5. The fraction of sp³-hybridized carbons (Fsp3) is 0.522. The molecule has 3 heterocycles. The molecule has 2 atom stereocenters. The lowest BCUT2D eigenvalue weighted by atomic mass is 9.94. The maximum absolute atomic E-state index is 12.5. The predicted molar refractivity (Wildman–Crippen MR) is 122 cm³/mol. The number of hydrogen-bond acceptors (Lipinski definition) is 8.